The molecule has 2 aliphatic rings. The summed E-state index contributed by atoms with van der Waals surface area (Å²) >= 11 is 0. The second kappa shape index (κ2) is 14.6. The Hall–Kier alpha value is -3.66. The number of hydrogen-bond acceptors (Lipinski definition) is 11. The number of allylic oxidation sites excluding steroid dienone is 1. The number of carboxylic acid groups (broad SMARTS) is 3. The van der Waals surface area contributed by atoms with Gasteiger partial charge in [0.05, 0.1) is 12.2 Å². The maximum absolute atomic E-state index is 13.0. The standard InChI is InChI=1S/C33H44O14/c1-17(15-19(3)21(5)34)11-12-23(35)45-26-25(37)31(14-13-18(2)24(36)20(4)16-22-9-7-6-8-10-22)46-27(28(38)39)32(44,29(40)41)33(26,47-31)30(42)43/h6-12,17,19-21,24-27,34,36-37,44H,2,13-16H2,1,3-5H3,(H,38,39)(H,40,41)(H,42,43)/b12-11+/t17-,19-,20-,21?,24-,25-,26-,27-,31+,32-,33+/m1/s1. The lowest BCUT2D eigenvalue weighted by atomic mass is 9.74. The van der Waals surface area contributed by atoms with Gasteiger partial charge in [0, 0.05) is 12.5 Å². The molecule has 2 fully saturated rings. The van der Waals surface area contributed by atoms with Gasteiger partial charge in [-0.3, -0.25) is 0 Å². The van der Waals surface area contributed by atoms with E-state index in [4.69, 9.17) is 14.2 Å². The highest BCUT2D eigenvalue weighted by Crippen LogP contribution is 2.55. The molecule has 260 valence electrons. The van der Waals surface area contributed by atoms with E-state index in [1.807, 2.05) is 30.3 Å². The summed E-state index contributed by atoms with van der Waals surface area (Å²) < 4.78 is 16.3. The van der Waals surface area contributed by atoms with Crippen molar-refractivity contribution in [2.75, 3.05) is 0 Å². The molecule has 0 spiro atoms. The van der Waals surface area contributed by atoms with Crippen LogP contribution in [0.5, 0.6) is 0 Å². The van der Waals surface area contributed by atoms with Crippen LogP contribution in [-0.2, 0) is 39.8 Å². The van der Waals surface area contributed by atoms with Crippen LogP contribution in [0, 0.1) is 17.8 Å². The van der Waals surface area contributed by atoms with E-state index in [1.54, 1.807) is 27.7 Å². The molecule has 0 aliphatic carbocycles. The molecule has 11 atom stereocenters. The van der Waals surface area contributed by atoms with Gasteiger partial charge in [-0.25, -0.2) is 19.2 Å². The lowest BCUT2D eigenvalue weighted by Crippen LogP contribution is -2.78. The zero-order valence-electron chi connectivity index (χ0n) is 26.7. The average molecular weight is 665 g/mol. The monoisotopic (exact) mass is 664 g/mol. The van der Waals surface area contributed by atoms with Gasteiger partial charge in [-0.15, -0.1) is 0 Å². The quantitative estimate of drug-likeness (QED) is 0.0749. The van der Waals surface area contributed by atoms with Crippen LogP contribution in [0.25, 0.3) is 0 Å². The zero-order chi connectivity index (χ0) is 35.5. The maximum atomic E-state index is 13.0. The van der Waals surface area contributed by atoms with Gasteiger partial charge in [0.25, 0.3) is 0 Å². The maximum Gasteiger partial charge on any atom is 0.344 e. The number of ether oxygens (including phenoxy) is 3. The molecule has 2 bridgehead atoms. The highest BCUT2D eigenvalue weighted by molar-refractivity contribution is 5.98. The Morgan fingerprint density at radius 2 is 1.62 bits per heavy atom. The molecule has 2 saturated heterocycles. The minimum atomic E-state index is -3.90. The number of hydrogen-bond donors (Lipinski definition) is 7. The van der Waals surface area contributed by atoms with Crippen molar-refractivity contribution in [3.05, 3.63) is 60.2 Å². The fourth-order valence-corrected chi connectivity index (χ4v) is 6.20. The van der Waals surface area contributed by atoms with Gasteiger partial charge >= 0.3 is 23.9 Å². The van der Waals surface area contributed by atoms with Crippen LogP contribution in [0.2, 0.25) is 0 Å². The largest absolute Gasteiger partial charge is 0.479 e. The van der Waals surface area contributed by atoms with Gasteiger partial charge in [-0.2, -0.15) is 0 Å². The van der Waals surface area contributed by atoms with E-state index in [0.717, 1.165) is 11.6 Å². The number of aliphatic hydroxyl groups excluding tert-OH is 3. The van der Waals surface area contributed by atoms with E-state index in [1.165, 1.54) is 6.08 Å². The predicted octanol–water partition coefficient (Wildman–Crippen LogP) is 1.28. The number of esters is 1. The normalized spacial score (nSPS) is 31.8. The number of fused-ring (bicyclic) bond motifs is 2. The molecule has 14 nitrogen and oxygen atoms in total. The van der Waals surface area contributed by atoms with Gasteiger partial charge < -0.3 is 50.0 Å². The van der Waals surface area contributed by atoms with E-state index >= 15 is 0 Å². The van der Waals surface area contributed by atoms with Crippen molar-refractivity contribution in [2.45, 2.75) is 101 Å². The summed E-state index contributed by atoms with van der Waals surface area (Å²) in [6.45, 7) is 10.8. The topological polar surface area (TPSA) is 238 Å². The number of aliphatic hydroxyl groups is 4. The van der Waals surface area contributed by atoms with E-state index in [2.05, 4.69) is 6.58 Å². The minimum Gasteiger partial charge on any atom is -0.479 e. The molecular weight excluding hydrogens is 620 g/mol. The van der Waals surface area contributed by atoms with Crippen molar-refractivity contribution < 1.29 is 69.1 Å². The van der Waals surface area contributed by atoms with Crippen LogP contribution in [0.3, 0.4) is 0 Å². The number of carboxylic acids is 3. The van der Waals surface area contributed by atoms with Crippen molar-refractivity contribution >= 4 is 23.9 Å². The van der Waals surface area contributed by atoms with Gasteiger partial charge in [0.2, 0.25) is 23.1 Å². The molecule has 0 saturated carbocycles. The zero-order valence-corrected chi connectivity index (χ0v) is 26.7. The third kappa shape index (κ3) is 7.27. The Bertz CT molecular complexity index is 1360. The molecular formula is C33H44O14. The van der Waals surface area contributed by atoms with Crippen molar-refractivity contribution in [1.29, 1.82) is 0 Å². The number of aliphatic carboxylic acids is 3. The first-order valence-corrected chi connectivity index (χ1v) is 15.3. The van der Waals surface area contributed by atoms with Crippen LogP contribution >= 0.6 is 0 Å². The summed E-state index contributed by atoms with van der Waals surface area (Å²) in [6, 6.07) is 9.26. The lowest BCUT2D eigenvalue weighted by molar-refractivity contribution is -0.374. The lowest BCUT2D eigenvalue weighted by Gasteiger charge is -2.48. The predicted molar refractivity (Wildman–Crippen MR) is 163 cm³/mol. The first-order valence-electron chi connectivity index (χ1n) is 15.3. The second-order valence-electron chi connectivity index (χ2n) is 12.7. The van der Waals surface area contributed by atoms with Crippen molar-refractivity contribution in [1.82, 2.24) is 0 Å². The Morgan fingerprint density at radius 3 is 2.15 bits per heavy atom. The van der Waals surface area contributed by atoms with E-state index < -0.39 is 77.8 Å². The third-order valence-electron chi connectivity index (χ3n) is 9.13. The average Bonchev–Trinajstić information content (AvgIpc) is 3.22. The van der Waals surface area contributed by atoms with Crippen molar-refractivity contribution in [2.24, 2.45) is 17.8 Å². The first-order chi connectivity index (χ1) is 21.8. The van der Waals surface area contributed by atoms with Crippen LogP contribution in [0.15, 0.2) is 54.6 Å². The van der Waals surface area contributed by atoms with Crippen LogP contribution < -0.4 is 0 Å². The number of carbonyl (C=O) groups is 4. The number of rotatable bonds is 16. The first kappa shape index (κ1) is 37.8. The molecule has 1 unspecified atom stereocenters. The Labute approximate surface area is 271 Å². The van der Waals surface area contributed by atoms with E-state index in [-0.39, 0.29) is 29.7 Å². The van der Waals surface area contributed by atoms with Crippen molar-refractivity contribution in [3.63, 3.8) is 0 Å². The highest BCUT2D eigenvalue weighted by Gasteiger charge is 2.85. The molecule has 2 heterocycles. The fourth-order valence-electron chi connectivity index (χ4n) is 6.20. The SMILES string of the molecule is C=C(CC[C@]12O[C@H](C(=O)O)[C@@](O)(C(=O)O)[C@](C(=O)O)(O1)[C@H](OC(=O)/C=C/[C@@H](C)C[C@@H](C)C(C)O)[C@H]2O)[C@@H](O)[C@H](C)Cc1ccccc1. The van der Waals surface area contributed by atoms with Crippen LogP contribution in [-0.4, -0.2) is 107 Å². The molecule has 3 rings (SSSR count). The summed E-state index contributed by atoms with van der Waals surface area (Å²) in [7, 11) is 0. The molecule has 1 aromatic rings. The fraction of sp³-hybridized carbons (Fsp3) is 0.576. The molecule has 1 aromatic carbocycles. The Balaban J connectivity index is 1.96. The van der Waals surface area contributed by atoms with Gasteiger partial charge in [0.15, 0.2) is 6.10 Å². The molecule has 47 heavy (non-hydrogen) atoms. The molecule has 14 heteroatoms. The third-order valence-corrected chi connectivity index (χ3v) is 9.13. The molecule has 7 N–H and O–H groups in total. The molecule has 2 aliphatic heterocycles. The summed E-state index contributed by atoms with van der Waals surface area (Å²) in [6.07, 6.45) is -7.00. The minimum absolute atomic E-state index is 0.143. The second-order valence-corrected chi connectivity index (χ2v) is 12.7. The highest BCUT2D eigenvalue weighted by atomic mass is 16.8. The van der Waals surface area contributed by atoms with Gasteiger partial charge in [-0.05, 0) is 55.1 Å². The number of carbonyl (C=O) groups excluding carboxylic acids is 1. The molecule has 0 amide bonds. The summed E-state index contributed by atoms with van der Waals surface area (Å²) in [5.74, 6) is -11.4. The van der Waals surface area contributed by atoms with Crippen LogP contribution in [0.4, 0.5) is 0 Å². The van der Waals surface area contributed by atoms with Gasteiger partial charge in [-0.1, -0.05) is 63.8 Å². The Morgan fingerprint density at radius 1 is 1.00 bits per heavy atom. The van der Waals surface area contributed by atoms with Gasteiger partial charge in [0.1, 0.15) is 6.10 Å². The number of benzene rings is 1. The van der Waals surface area contributed by atoms with E-state index in [0.29, 0.717) is 12.8 Å². The Kier molecular flexibility index (Phi) is 11.8. The molecule has 0 aromatic heterocycles. The van der Waals surface area contributed by atoms with E-state index in [9.17, 15) is 54.9 Å². The summed E-state index contributed by atoms with van der Waals surface area (Å²) in [5.41, 5.74) is -6.35. The summed E-state index contributed by atoms with van der Waals surface area (Å²) in [4.78, 5) is 50.5. The molecule has 0 radical (unpaired) electrons. The van der Waals surface area contributed by atoms with Crippen LogP contribution in [0.1, 0.15) is 52.5 Å². The summed E-state index contributed by atoms with van der Waals surface area (Å²) in [5, 5.41) is 73.8. The van der Waals surface area contributed by atoms with Crippen molar-refractivity contribution in [3.8, 4) is 0 Å². The smallest absolute Gasteiger partial charge is 0.344 e.